The monoisotopic (exact) mass is 396 g/mol. The van der Waals surface area contributed by atoms with Gasteiger partial charge in [-0.25, -0.2) is 12.8 Å². The number of anilines is 1. The molecule has 138 valence electrons. The van der Waals surface area contributed by atoms with Gasteiger partial charge in [0.25, 0.3) is 5.91 Å². The van der Waals surface area contributed by atoms with Gasteiger partial charge in [0.2, 0.25) is 10.0 Å². The molecular weight excluding hydrogens is 379 g/mol. The van der Waals surface area contributed by atoms with Crippen molar-refractivity contribution in [3.63, 3.8) is 0 Å². The Morgan fingerprint density at radius 2 is 1.77 bits per heavy atom. The molecule has 0 aliphatic carbocycles. The van der Waals surface area contributed by atoms with Crippen molar-refractivity contribution in [3.8, 4) is 0 Å². The molecule has 0 bridgehead atoms. The molecule has 2 aromatic carbocycles. The first-order valence-electron chi connectivity index (χ1n) is 8.25. The van der Waals surface area contributed by atoms with Gasteiger partial charge in [0.1, 0.15) is 5.82 Å². The Morgan fingerprint density at radius 3 is 2.46 bits per heavy atom. The number of nitrogens with zero attached hydrogens (tertiary/aromatic N) is 1. The number of hydrogen-bond acceptors (Lipinski definition) is 3. The lowest BCUT2D eigenvalue weighted by molar-refractivity contribution is 0.102. The van der Waals surface area contributed by atoms with E-state index in [2.05, 4.69) is 5.32 Å². The molecule has 1 saturated heterocycles. The van der Waals surface area contributed by atoms with E-state index in [0.717, 1.165) is 31.4 Å². The van der Waals surface area contributed by atoms with Crippen molar-refractivity contribution in [2.24, 2.45) is 0 Å². The smallest absolute Gasteiger partial charge is 0.257 e. The molecule has 1 aliphatic rings. The van der Waals surface area contributed by atoms with Crippen molar-refractivity contribution in [2.45, 2.75) is 24.2 Å². The molecule has 1 heterocycles. The summed E-state index contributed by atoms with van der Waals surface area (Å²) in [7, 11) is -3.77. The minimum Gasteiger partial charge on any atom is -0.321 e. The van der Waals surface area contributed by atoms with Crippen LogP contribution in [0.5, 0.6) is 0 Å². The second-order valence-corrected chi connectivity index (χ2v) is 8.35. The molecule has 0 saturated carbocycles. The van der Waals surface area contributed by atoms with E-state index in [1.165, 1.54) is 22.5 Å². The Bertz CT molecular complexity index is 928. The summed E-state index contributed by atoms with van der Waals surface area (Å²) >= 11 is 5.93. The molecular formula is C18H18ClFN2O3S. The SMILES string of the molecule is O=C(Nc1ccc(F)cc1Cl)c1ccccc1S(=O)(=O)N1CCCCC1. The van der Waals surface area contributed by atoms with E-state index in [0.29, 0.717) is 13.1 Å². The molecule has 5 nitrogen and oxygen atoms in total. The van der Waals surface area contributed by atoms with Crippen LogP contribution in [0.2, 0.25) is 5.02 Å². The Balaban J connectivity index is 1.92. The molecule has 0 unspecified atom stereocenters. The van der Waals surface area contributed by atoms with Crippen LogP contribution in [-0.2, 0) is 10.0 Å². The zero-order valence-electron chi connectivity index (χ0n) is 13.9. The number of halogens is 2. The van der Waals surface area contributed by atoms with Crippen molar-refractivity contribution in [1.82, 2.24) is 4.31 Å². The Hall–Kier alpha value is -1.96. The standard InChI is InChI=1S/C18H18ClFN2O3S/c19-15-12-13(20)8-9-16(15)21-18(23)14-6-2-3-7-17(14)26(24,25)22-10-4-1-5-11-22/h2-3,6-9,12H,1,4-5,10-11H2,(H,21,23). The van der Waals surface area contributed by atoms with Gasteiger partial charge in [-0.1, -0.05) is 30.2 Å². The third-order valence-electron chi connectivity index (χ3n) is 4.24. The van der Waals surface area contributed by atoms with Crippen LogP contribution in [0, 0.1) is 5.82 Å². The van der Waals surface area contributed by atoms with Gasteiger partial charge in [-0.3, -0.25) is 4.79 Å². The molecule has 0 spiro atoms. The summed E-state index contributed by atoms with van der Waals surface area (Å²) in [6.45, 7) is 0.893. The second-order valence-electron chi connectivity index (χ2n) is 6.04. The molecule has 2 aromatic rings. The summed E-state index contributed by atoms with van der Waals surface area (Å²) in [5.41, 5.74) is 0.238. The molecule has 26 heavy (non-hydrogen) atoms. The highest BCUT2D eigenvalue weighted by Gasteiger charge is 2.29. The van der Waals surface area contributed by atoms with Gasteiger partial charge >= 0.3 is 0 Å². The molecule has 8 heteroatoms. The van der Waals surface area contributed by atoms with Crippen LogP contribution in [-0.4, -0.2) is 31.7 Å². The van der Waals surface area contributed by atoms with Gasteiger partial charge < -0.3 is 5.32 Å². The maximum absolute atomic E-state index is 13.2. The van der Waals surface area contributed by atoms with E-state index < -0.39 is 21.7 Å². The number of sulfonamides is 1. The van der Waals surface area contributed by atoms with Gasteiger partial charge in [0, 0.05) is 13.1 Å². The average molecular weight is 397 g/mol. The van der Waals surface area contributed by atoms with Gasteiger partial charge in [0.15, 0.2) is 0 Å². The van der Waals surface area contributed by atoms with Crippen molar-refractivity contribution in [2.75, 3.05) is 18.4 Å². The highest BCUT2D eigenvalue weighted by Crippen LogP contribution is 2.26. The van der Waals surface area contributed by atoms with Crippen LogP contribution < -0.4 is 5.32 Å². The van der Waals surface area contributed by atoms with E-state index >= 15 is 0 Å². The molecule has 0 radical (unpaired) electrons. The number of hydrogen-bond donors (Lipinski definition) is 1. The van der Waals surface area contributed by atoms with Crippen LogP contribution >= 0.6 is 11.6 Å². The minimum absolute atomic E-state index is 0.0264. The fourth-order valence-corrected chi connectivity index (χ4v) is 4.82. The Labute approximate surface area is 156 Å². The average Bonchev–Trinajstić information content (AvgIpc) is 2.64. The zero-order chi connectivity index (χ0) is 18.7. The van der Waals surface area contributed by atoms with Crippen LogP contribution in [0.4, 0.5) is 10.1 Å². The lowest BCUT2D eigenvalue weighted by Crippen LogP contribution is -2.36. The van der Waals surface area contributed by atoms with Crippen LogP contribution in [0.1, 0.15) is 29.6 Å². The Morgan fingerprint density at radius 1 is 1.08 bits per heavy atom. The topological polar surface area (TPSA) is 66.5 Å². The van der Waals surface area contributed by atoms with E-state index in [4.69, 9.17) is 11.6 Å². The fourth-order valence-electron chi connectivity index (χ4n) is 2.90. The molecule has 1 N–H and O–H groups in total. The number of carbonyl (C=O) groups excluding carboxylic acids is 1. The van der Waals surface area contributed by atoms with Gasteiger partial charge in [-0.05, 0) is 43.2 Å². The quantitative estimate of drug-likeness (QED) is 0.852. The van der Waals surface area contributed by atoms with Crippen LogP contribution in [0.25, 0.3) is 0 Å². The first-order chi connectivity index (χ1) is 12.4. The van der Waals surface area contributed by atoms with E-state index in [9.17, 15) is 17.6 Å². The van der Waals surface area contributed by atoms with E-state index in [-0.39, 0.29) is 21.2 Å². The summed E-state index contributed by atoms with van der Waals surface area (Å²) in [6.07, 6.45) is 2.61. The molecule has 0 atom stereocenters. The number of carbonyl (C=O) groups is 1. The highest BCUT2D eigenvalue weighted by molar-refractivity contribution is 7.89. The van der Waals surface area contributed by atoms with Gasteiger partial charge in [-0.15, -0.1) is 0 Å². The summed E-state index contributed by atoms with van der Waals surface area (Å²) in [4.78, 5) is 12.6. The normalized spacial score (nSPS) is 15.6. The second kappa shape index (κ2) is 7.73. The number of nitrogens with one attached hydrogen (secondary N) is 1. The first-order valence-corrected chi connectivity index (χ1v) is 10.1. The lowest BCUT2D eigenvalue weighted by Gasteiger charge is -2.26. The van der Waals surface area contributed by atoms with Gasteiger partial charge in [0.05, 0.1) is 21.2 Å². The third-order valence-corrected chi connectivity index (χ3v) is 6.51. The summed E-state index contributed by atoms with van der Waals surface area (Å²) in [6, 6.07) is 9.62. The minimum atomic E-state index is -3.77. The summed E-state index contributed by atoms with van der Waals surface area (Å²) in [5, 5.41) is 2.59. The predicted molar refractivity (Wildman–Crippen MR) is 98.4 cm³/mol. The number of rotatable bonds is 4. The lowest BCUT2D eigenvalue weighted by atomic mass is 10.2. The predicted octanol–water partition coefficient (Wildman–Crippen LogP) is 3.91. The van der Waals surface area contributed by atoms with E-state index in [1.54, 1.807) is 12.1 Å². The molecule has 1 amide bonds. The number of piperidine rings is 1. The van der Waals surface area contributed by atoms with Crippen molar-refractivity contribution in [3.05, 3.63) is 58.9 Å². The third kappa shape index (κ3) is 3.90. The molecule has 1 fully saturated rings. The maximum atomic E-state index is 13.2. The van der Waals surface area contributed by atoms with Crippen LogP contribution in [0.15, 0.2) is 47.4 Å². The van der Waals surface area contributed by atoms with Crippen molar-refractivity contribution in [1.29, 1.82) is 0 Å². The molecule has 3 rings (SSSR count). The summed E-state index contributed by atoms with van der Waals surface area (Å²) in [5.74, 6) is -1.14. The highest BCUT2D eigenvalue weighted by atomic mass is 35.5. The largest absolute Gasteiger partial charge is 0.321 e. The number of amides is 1. The van der Waals surface area contributed by atoms with Crippen molar-refractivity contribution >= 4 is 33.2 Å². The maximum Gasteiger partial charge on any atom is 0.257 e. The van der Waals surface area contributed by atoms with E-state index in [1.807, 2.05) is 0 Å². The molecule has 0 aromatic heterocycles. The number of benzene rings is 2. The van der Waals surface area contributed by atoms with Crippen molar-refractivity contribution < 1.29 is 17.6 Å². The zero-order valence-corrected chi connectivity index (χ0v) is 15.5. The van der Waals surface area contributed by atoms with Crippen LogP contribution in [0.3, 0.4) is 0 Å². The summed E-state index contributed by atoms with van der Waals surface area (Å²) < 4.78 is 40.5. The Kier molecular flexibility index (Phi) is 5.60. The fraction of sp³-hybridized carbons (Fsp3) is 0.278. The first kappa shape index (κ1) is 18.8. The van der Waals surface area contributed by atoms with Gasteiger partial charge in [-0.2, -0.15) is 4.31 Å². The molecule has 1 aliphatic heterocycles.